The van der Waals surface area contributed by atoms with Crippen molar-refractivity contribution >= 4 is 17.6 Å². The summed E-state index contributed by atoms with van der Waals surface area (Å²) in [5.74, 6) is -2.76. The average molecular weight is 249 g/mol. The van der Waals surface area contributed by atoms with Crippen LogP contribution < -0.4 is 0 Å². The monoisotopic (exact) mass is 248 g/mol. The molecule has 0 heterocycles. The van der Waals surface area contributed by atoms with Crippen molar-refractivity contribution in [1.82, 2.24) is 0 Å². The first kappa shape index (κ1) is 12.9. The van der Waals surface area contributed by atoms with E-state index in [1.807, 2.05) is 0 Å². The number of carboxylic acids is 1. The highest BCUT2D eigenvalue weighted by atomic mass is 35.5. The summed E-state index contributed by atoms with van der Waals surface area (Å²) in [6.45, 7) is 2.94. The van der Waals surface area contributed by atoms with Crippen LogP contribution >= 0.6 is 11.6 Å². The van der Waals surface area contributed by atoms with Crippen molar-refractivity contribution in [2.24, 2.45) is 0 Å². The molecule has 1 N–H and O–H groups in total. The Hall–Kier alpha value is -1.16. The Labute approximate surface area is 96.8 Å². The summed E-state index contributed by atoms with van der Waals surface area (Å²) in [5, 5.41) is 8.62. The number of hydrogen-bond donors (Lipinski definition) is 1. The molecular weight excluding hydrogens is 238 g/mol. The number of benzene rings is 1. The Kier molecular flexibility index (Phi) is 3.53. The van der Waals surface area contributed by atoms with E-state index >= 15 is 0 Å². The summed E-state index contributed by atoms with van der Waals surface area (Å²) < 4.78 is 27.1. The second-order valence-electron chi connectivity index (χ2n) is 4.20. The van der Waals surface area contributed by atoms with E-state index in [2.05, 4.69) is 0 Å². The minimum absolute atomic E-state index is 0.0510. The van der Waals surface area contributed by atoms with Gasteiger partial charge in [0.25, 0.3) is 0 Å². The largest absolute Gasteiger partial charge is 0.481 e. The summed E-state index contributed by atoms with van der Waals surface area (Å²) in [6.07, 6.45) is -0.359. The highest BCUT2D eigenvalue weighted by Crippen LogP contribution is 2.33. The van der Waals surface area contributed by atoms with Gasteiger partial charge in [0.1, 0.15) is 11.6 Å². The van der Waals surface area contributed by atoms with E-state index in [4.69, 9.17) is 16.7 Å². The van der Waals surface area contributed by atoms with Crippen LogP contribution in [0.2, 0.25) is 5.02 Å². The third-order valence-corrected chi connectivity index (χ3v) is 2.50. The average Bonchev–Trinajstić information content (AvgIpc) is 1.96. The Morgan fingerprint density at radius 2 is 1.81 bits per heavy atom. The molecule has 0 atom stereocenters. The highest BCUT2D eigenvalue weighted by molar-refractivity contribution is 6.30. The van der Waals surface area contributed by atoms with Crippen LogP contribution in [0.25, 0.3) is 0 Å². The topological polar surface area (TPSA) is 37.3 Å². The summed E-state index contributed by atoms with van der Waals surface area (Å²) in [7, 11) is 0. The molecular formula is C11H11ClF2O2. The molecule has 0 unspecified atom stereocenters. The number of aliphatic carboxylic acids is 1. The molecule has 2 nitrogen and oxygen atoms in total. The number of carbonyl (C=O) groups is 1. The lowest BCUT2D eigenvalue weighted by atomic mass is 9.81. The molecule has 0 aliphatic heterocycles. The van der Waals surface area contributed by atoms with Crippen LogP contribution in [0.3, 0.4) is 0 Å². The van der Waals surface area contributed by atoms with Gasteiger partial charge in [-0.2, -0.15) is 0 Å². The van der Waals surface area contributed by atoms with E-state index in [0.717, 1.165) is 12.1 Å². The summed E-state index contributed by atoms with van der Waals surface area (Å²) in [6, 6.07) is 1.95. The molecule has 1 aromatic rings. The summed E-state index contributed by atoms with van der Waals surface area (Å²) >= 11 is 5.48. The van der Waals surface area contributed by atoms with Gasteiger partial charge in [0.15, 0.2) is 0 Å². The van der Waals surface area contributed by atoms with Crippen molar-refractivity contribution in [3.05, 3.63) is 34.4 Å². The molecule has 1 rings (SSSR count). The molecule has 0 aromatic heterocycles. The standard InChI is InChI=1S/C11H11ClF2O2/c1-11(2,5-9(15)16)10-7(13)3-6(12)4-8(10)14/h3-4H,5H2,1-2H3,(H,15,16). The van der Waals surface area contributed by atoms with Gasteiger partial charge in [-0.25, -0.2) is 8.78 Å². The first-order valence-electron chi connectivity index (χ1n) is 4.61. The molecule has 1 aromatic carbocycles. The van der Waals surface area contributed by atoms with E-state index < -0.39 is 23.0 Å². The molecule has 0 aliphatic rings. The lowest BCUT2D eigenvalue weighted by molar-refractivity contribution is -0.138. The second kappa shape index (κ2) is 4.37. The Morgan fingerprint density at radius 1 is 1.38 bits per heavy atom. The summed E-state index contributed by atoms with van der Waals surface area (Å²) in [4.78, 5) is 10.6. The van der Waals surface area contributed by atoms with Gasteiger partial charge in [0, 0.05) is 16.0 Å². The van der Waals surface area contributed by atoms with Crippen LogP contribution in [0, 0.1) is 11.6 Å². The van der Waals surface area contributed by atoms with Crippen molar-refractivity contribution in [2.75, 3.05) is 0 Å². The SMILES string of the molecule is CC(C)(CC(=O)O)c1c(F)cc(Cl)cc1F. The van der Waals surface area contributed by atoms with Crippen molar-refractivity contribution in [2.45, 2.75) is 25.7 Å². The third-order valence-electron chi connectivity index (χ3n) is 2.28. The van der Waals surface area contributed by atoms with Gasteiger partial charge >= 0.3 is 5.97 Å². The molecule has 0 bridgehead atoms. The van der Waals surface area contributed by atoms with E-state index in [-0.39, 0.29) is 17.0 Å². The minimum Gasteiger partial charge on any atom is -0.481 e. The predicted molar refractivity (Wildman–Crippen MR) is 56.6 cm³/mol. The van der Waals surface area contributed by atoms with Gasteiger partial charge in [-0.05, 0) is 12.1 Å². The zero-order valence-corrected chi connectivity index (χ0v) is 9.61. The van der Waals surface area contributed by atoms with Gasteiger partial charge in [-0.15, -0.1) is 0 Å². The fraction of sp³-hybridized carbons (Fsp3) is 0.364. The number of carboxylic acid groups (broad SMARTS) is 1. The molecule has 0 amide bonds. The van der Waals surface area contributed by atoms with Crippen LogP contribution in [0.5, 0.6) is 0 Å². The molecule has 16 heavy (non-hydrogen) atoms. The molecule has 0 aliphatic carbocycles. The van der Waals surface area contributed by atoms with Crippen LogP contribution in [-0.2, 0) is 10.2 Å². The van der Waals surface area contributed by atoms with Crippen LogP contribution in [0.1, 0.15) is 25.8 Å². The maximum Gasteiger partial charge on any atom is 0.304 e. The minimum atomic E-state index is -1.12. The Balaban J connectivity index is 3.27. The predicted octanol–water partition coefficient (Wildman–Crippen LogP) is 3.37. The number of rotatable bonds is 3. The van der Waals surface area contributed by atoms with Gasteiger partial charge in [-0.1, -0.05) is 25.4 Å². The normalized spacial score (nSPS) is 11.6. The third kappa shape index (κ3) is 2.70. The first-order chi connectivity index (χ1) is 7.24. The number of hydrogen-bond acceptors (Lipinski definition) is 1. The van der Waals surface area contributed by atoms with Gasteiger partial charge in [-0.3, -0.25) is 4.79 Å². The molecule has 0 saturated heterocycles. The smallest absolute Gasteiger partial charge is 0.304 e. The van der Waals surface area contributed by atoms with E-state index in [1.165, 1.54) is 13.8 Å². The zero-order valence-electron chi connectivity index (χ0n) is 8.85. The van der Waals surface area contributed by atoms with Gasteiger partial charge in [0.2, 0.25) is 0 Å². The first-order valence-corrected chi connectivity index (χ1v) is 4.98. The molecule has 0 fully saturated rings. The second-order valence-corrected chi connectivity index (χ2v) is 4.64. The molecule has 88 valence electrons. The van der Waals surface area contributed by atoms with Crippen molar-refractivity contribution in [3.8, 4) is 0 Å². The van der Waals surface area contributed by atoms with Gasteiger partial charge < -0.3 is 5.11 Å². The summed E-state index contributed by atoms with van der Waals surface area (Å²) in [5.41, 5.74) is -1.37. The van der Waals surface area contributed by atoms with E-state index in [1.54, 1.807) is 0 Å². The van der Waals surface area contributed by atoms with Crippen LogP contribution in [-0.4, -0.2) is 11.1 Å². The lowest BCUT2D eigenvalue weighted by Gasteiger charge is -2.24. The fourth-order valence-electron chi connectivity index (χ4n) is 1.66. The number of halogens is 3. The maximum atomic E-state index is 13.5. The molecule has 0 radical (unpaired) electrons. The Morgan fingerprint density at radius 3 is 2.19 bits per heavy atom. The Bertz CT molecular complexity index is 407. The highest BCUT2D eigenvalue weighted by Gasteiger charge is 2.30. The van der Waals surface area contributed by atoms with Crippen LogP contribution in [0.15, 0.2) is 12.1 Å². The van der Waals surface area contributed by atoms with Crippen LogP contribution in [0.4, 0.5) is 8.78 Å². The fourth-order valence-corrected chi connectivity index (χ4v) is 1.85. The van der Waals surface area contributed by atoms with Crippen molar-refractivity contribution in [1.29, 1.82) is 0 Å². The van der Waals surface area contributed by atoms with Crippen molar-refractivity contribution < 1.29 is 18.7 Å². The molecule has 0 saturated carbocycles. The lowest BCUT2D eigenvalue weighted by Crippen LogP contribution is -2.24. The van der Waals surface area contributed by atoms with E-state index in [9.17, 15) is 13.6 Å². The van der Waals surface area contributed by atoms with Crippen molar-refractivity contribution in [3.63, 3.8) is 0 Å². The molecule has 5 heteroatoms. The molecule has 0 spiro atoms. The van der Waals surface area contributed by atoms with Gasteiger partial charge in [0.05, 0.1) is 6.42 Å². The van der Waals surface area contributed by atoms with E-state index in [0.29, 0.717) is 0 Å². The maximum absolute atomic E-state index is 13.5. The quantitative estimate of drug-likeness (QED) is 0.891. The zero-order chi connectivity index (χ0) is 12.5.